The zero-order chi connectivity index (χ0) is 15.9. The van der Waals surface area contributed by atoms with Crippen molar-refractivity contribution in [2.75, 3.05) is 18.6 Å². The van der Waals surface area contributed by atoms with Gasteiger partial charge < -0.3 is 9.47 Å². The third-order valence-electron chi connectivity index (χ3n) is 4.69. The van der Waals surface area contributed by atoms with Crippen LogP contribution in [0.3, 0.4) is 0 Å². The molecule has 0 bridgehead atoms. The molecule has 3 rings (SSSR count). The molecule has 0 amide bonds. The fourth-order valence-electron chi connectivity index (χ4n) is 3.41. The van der Waals surface area contributed by atoms with Crippen LogP contribution in [0, 0.1) is 13.8 Å². The van der Waals surface area contributed by atoms with Crippen LogP contribution in [-0.4, -0.2) is 29.2 Å². The third-order valence-corrected chi connectivity index (χ3v) is 4.69. The van der Waals surface area contributed by atoms with Crippen molar-refractivity contribution in [1.82, 2.24) is 9.47 Å². The number of aromatic nitrogens is 1. The minimum Gasteiger partial charge on any atom is -0.355 e. The van der Waals surface area contributed by atoms with Gasteiger partial charge in [-0.15, -0.1) is 0 Å². The first-order valence-corrected chi connectivity index (χ1v) is 8.14. The molecule has 1 aliphatic rings. The van der Waals surface area contributed by atoms with E-state index in [0.29, 0.717) is 6.04 Å². The molecule has 0 atom stereocenters. The number of anilines is 1. The lowest BCUT2D eigenvalue weighted by Crippen LogP contribution is -2.43. The van der Waals surface area contributed by atoms with Crippen LogP contribution in [-0.2, 0) is 13.1 Å². The third kappa shape index (κ3) is 2.78. The van der Waals surface area contributed by atoms with Crippen molar-refractivity contribution in [3.05, 3.63) is 52.8 Å². The van der Waals surface area contributed by atoms with Gasteiger partial charge in [0, 0.05) is 37.1 Å². The largest absolute Gasteiger partial charge is 0.355 e. The Labute approximate surface area is 134 Å². The summed E-state index contributed by atoms with van der Waals surface area (Å²) in [6.07, 6.45) is 4.65. The first-order chi connectivity index (χ1) is 10.5. The Kier molecular flexibility index (Phi) is 4.00. The highest BCUT2D eigenvalue weighted by Gasteiger charge is 2.24. The lowest BCUT2D eigenvalue weighted by Gasteiger charge is -2.37. The summed E-state index contributed by atoms with van der Waals surface area (Å²) in [5.74, 6) is 0. The Morgan fingerprint density at radius 3 is 2.41 bits per heavy atom. The van der Waals surface area contributed by atoms with Crippen LogP contribution in [0.5, 0.6) is 0 Å². The number of aryl methyl sites for hydroxylation is 2. The molecule has 0 spiro atoms. The Bertz CT molecular complexity index is 649. The zero-order valence-electron chi connectivity index (χ0n) is 14.4. The number of hydrogen-bond acceptors (Lipinski definition) is 2. The monoisotopic (exact) mass is 297 g/mol. The molecule has 1 aliphatic heterocycles. The molecule has 22 heavy (non-hydrogen) atoms. The molecule has 3 heteroatoms. The molecule has 2 aromatic rings. The van der Waals surface area contributed by atoms with E-state index in [1.165, 1.54) is 27.9 Å². The lowest BCUT2D eigenvalue weighted by molar-refractivity contribution is 0.301. The second-order valence-electron chi connectivity index (χ2n) is 6.93. The van der Waals surface area contributed by atoms with Crippen molar-refractivity contribution < 1.29 is 0 Å². The van der Waals surface area contributed by atoms with Gasteiger partial charge in [-0.1, -0.05) is 18.2 Å². The molecule has 0 saturated heterocycles. The van der Waals surface area contributed by atoms with Gasteiger partial charge >= 0.3 is 0 Å². The van der Waals surface area contributed by atoms with Crippen molar-refractivity contribution >= 4 is 5.69 Å². The number of nitrogens with zero attached hydrogens (tertiary/aromatic N) is 3. The van der Waals surface area contributed by atoms with Crippen molar-refractivity contribution in [2.24, 2.45) is 0 Å². The average Bonchev–Trinajstić information content (AvgIpc) is 2.84. The fourth-order valence-corrected chi connectivity index (χ4v) is 3.41. The molecule has 0 aliphatic carbocycles. The van der Waals surface area contributed by atoms with Crippen molar-refractivity contribution in [2.45, 2.75) is 46.8 Å². The maximum atomic E-state index is 2.49. The number of fused-ring (bicyclic) bond motifs is 1. The molecule has 2 heterocycles. The normalized spacial score (nSPS) is 15.5. The van der Waals surface area contributed by atoms with Crippen molar-refractivity contribution in [3.63, 3.8) is 0 Å². The first-order valence-electron chi connectivity index (χ1n) is 8.14. The van der Waals surface area contributed by atoms with Crippen LogP contribution in [0.4, 0.5) is 5.69 Å². The van der Waals surface area contributed by atoms with Crippen LogP contribution in [0.15, 0.2) is 30.6 Å². The second-order valence-corrected chi connectivity index (χ2v) is 6.93. The Balaban J connectivity index is 1.93. The summed E-state index contributed by atoms with van der Waals surface area (Å²) in [5.41, 5.74) is 7.04. The van der Waals surface area contributed by atoms with Gasteiger partial charge in [0.05, 0.1) is 12.4 Å². The average molecular weight is 297 g/mol. The molecule has 0 radical (unpaired) electrons. The Morgan fingerprint density at radius 1 is 1.09 bits per heavy atom. The fraction of sp³-hybridized carbons (Fsp3) is 0.474. The number of hydrogen-bond donors (Lipinski definition) is 0. The molecule has 1 aromatic heterocycles. The minimum absolute atomic E-state index is 0.526. The maximum Gasteiger partial charge on any atom is 0.0711 e. The molecule has 1 aromatic carbocycles. The number of rotatable bonds is 3. The standard InChI is InChI=1S/C19H27N3/c1-14(2)22-13-20(5)9-17-10-21(12-19(17)22)11-18-15(3)7-6-8-16(18)4/h6-8,10,12,14H,9,11,13H2,1-5H3. The molecule has 0 saturated carbocycles. The molecule has 0 unspecified atom stereocenters. The summed E-state index contributed by atoms with van der Waals surface area (Å²) in [6.45, 7) is 12.0. The predicted octanol–water partition coefficient (Wildman–Crippen LogP) is 3.77. The second kappa shape index (κ2) is 5.81. The van der Waals surface area contributed by atoms with E-state index in [1.54, 1.807) is 0 Å². The summed E-state index contributed by atoms with van der Waals surface area (Å²) in [7, 11) is 2.20. The highest BCUT2D eigenvalue weighted by Crippen LogP contribution is 2.30. The first kappa shape index (κ1) is 15.2. The molecule has 118 valence electrons. The van der Waals surface area contributed by atoms with Crippen LogP contribution >= 0.6 is 0 Å². The molecular weight excluding hydrogens is 270 g/mol. The lowest BCUT2D eigenvalue weighted by atomic mass is 10.0. The quantitative estimate of drug-likeness (QED) is 0.854. The zero-order valence-corrected chi connectivity index (χ0v) is 14.4. The summed E-state index contributed by atoms with van der Waals surface area (Å²) in [5, 5.41) is 0. The summed E-state index contributed by atoms with van der Waals surface area (Å²) in [4.78, 5) is 4.87. The van der Waals surface area contributed by atoms with Gasteiger partial charge in [0.1, 0.15) is 0 Å². The summed E-state index contributed by atoms with van der Waals surface area (Å²) >= 11 is 0. The van der Waals surface area contributed by atoms with Crippen molar-refractivity contribution in [3.8, 4) is 0 Å². The van der Waals surface area contributed by atoms with Gasteiger partial charge in [-0.2, -0.15) is 0 Å². The van der Waals surface area contributed by atoms with E-state index in [2.05, 4.69) is 79.7 Å². The van der Waals surface area contributed by atoms with E-state index in [-0.39, 0.29) is 0 Å². The summed E-state index contributed by atoms with van der Waals surface area (Å²) < 4.78 is 2.36. The van der Waals surface area contributed by atoms with E-state index in [1.807, 2.05) is 0 Å². The van der Waals surface area contributed by atoms with E-state index in [9.17, 15) is 0 Å². The van der Waals surface area contributed by atoms with Gasteiger partial charge in [0.2, 0.25) is 0 Å². The van der Waals surface area contributed by atoms with Gasteiger partial charge in [-0.25, -0.2) is 0 Å². The van der Waals surface area contributed by atoms with E-state index >= 15 is 0 Å². The highest BCUT2D eigenvalue weighted by molar-refractivity contribution is 5.55. The topological polar surface area (TPSA) is 11.4 Å². The van der Waals surface area contributed by atoms with Crippen LogP contribution in [0.1, 0.15) is 36.1 Å². The SMILES string of the molecule is Cc1cccc(C)c1Cn1cc2c(c1)N(C(C)C)CN(C)C2. The van der Waals surface area contributed by atoms with Gasteiger partial charge in [0.15, 0.2) is 0 Å². The number of benzene rings is 1. The Morgan fingerprint density at radius 2 is 1.77 bits per heavy atom. The van der Waals surface area contributed by atoms with Crippen molar-refractivity contribution in [1.29, 1.82) is 0 Å². The predicted molar refractivity (Wildman–Crippen MR) is 93.4 cm³/mol. The molecular formula is C19H27N3. The highest BCUT2D eigenvalue weighted by atomic mass is 15.3. The van der Waals surface area contributed by atoms with E-state index in [4.69, 9.17) is 0 Å². The van der Waals surface area contributed by atoms with E-state index < -0.39 is 0 Å². The molecule has 3 nitrogen and oxygen atoms in total. The Hall–Kier alpha value is -1.74. The van der Waals surface area contributed by atoms with Crippen LogP contribution < -0.4 is 4.90 Å². The molecule has 0 N–H and O–H groups in total. The minimum atomic E-state index is 0.526. The van der Waals surface area contributed by atoms with Gasteiger partial charge in [-0.3, -0.25) is 4.90 Å². The van der Waals surface area contributed by atoms with Gasteiger partial charge in [-0.05, 0) is 51.4 Å². The molecule has 0 fully saturated rings. The van der Waals surface area contributed by atoms with Crippen LogP contribution in [0.25, 0.3) is 0 Å². The van der Waals surface area contributed by atoms with Gasteiger partial charge in [0.25, 0.3) is 0 Å². The van der Waals surface area contributed by atoms with E-state index in [0.717, 1.165) is 19.8 Å². The smallest absolute Gasteiger partial charge is 0.0711 e. The van der Waals surface area contributed by atoms with Crippen LogP contribution in [0.2, 0.25) is 0 Å². The maximum absolute atomic E-state index is 2.49. The summed E-state index contributed by atoms with van der Waals surface area (Å²) in [6, 6.07) is 7.09.